The van der Waals surface area contributed by atoms with E-state index in [0.29, 0.717) is 5.69 Å². The van der Waals surface area contributed by atoms with E-state index in [2.05, 4.69) is 10.2 Å². The smallest absolute Gasteiger partial charge is 0.328 e. The van der Waals surface area contributed by atoms with Crippen molar-refractivity contribution in [2.24, 2.45) is 0 Å². The molecule has 0 spiro atoms. The molecular weight excluding hydrogens is 270 g/mol. The van der Waals surface area contributed by atoms with Gasteiger partial charge in [-0.05, 0) is 30.8 Å². The summed E-state index contributed by atoms with van der Waals surface area (Å²) in [6, 6.07) is 6.94. The van der Waals surface area contributed by atoms with E-state index in [1.54, 1.807) is 29.2 Å². The lowest BCUT2D eigenvalue weighted by molar-refractivity contribution is -0.131. The van der Waals surface area contributed by atoms with Gasteiger partial charge in [-0.3, -0.25) is 0 Å². The number of rotatable bonds is 3. The first kappa shape index (κ1) is 15.1. The average molecular weight is 289 g/mol. The van der Waals surface area contributed by atoms with Gasteiger partial charge in [-0.15, -0.1) is 0 Å². The second-order valence-corrected chi connectivity index (χ2v) is 5.01. The van der Waals surface area contributed by atoms with Crippen molar-refractivity contribution in [3.05, 3.63) is 35.9 Å². The average Bonchev–Trinajstić information content (AvgIpc) is 2.47. The molecule has 0 aliphatic carbocycles. The van der Waals surface area contributed by atoms with E-state index in [4.69, 9.17) is 5.11 Å². The molecule has 0 bridgehead atoms. The van der Waals surface area contributed by atoms with Crippen LogP contribution in [-0.4, -0.2) is 60.1 Å². The minimum Gasteiger partial charge on any atom is -0.478 e. The van der Waals surface area contributed by atoms with Gasteiger partial charge in [0.15, 0.2) is 0 Å². The number of piperazine rings is 1. The fourth-order valence-corrected chi connectivity index (χ4v) is 2.06. The molecule has 2 amide bonds. The van der Waals surface area contributed by atoms with Crippen molar-refractivity contribution in [2.75, 3.05) is 38.5 Å². The molecule has 21 heavy (non-hydrogen) atoms. The van der Waals surface area contributed by atoms with E-state index < -0.39 is 5.97 Å². The van der Waals surface area contributed by atoms with Gasteiger partial charge in [0.2, 0.25) is 0 Å². The quantitative estimate of drug-likeness (QED) is 0.828. The summed E-state index contributed by atoms with van der Waals surface area (Å²) in [5, 5.41) is 11.4. The third-order valence-corrected chi connectivity index (χ3v) is 3.37. The van der Waals surface area contributed by atoms with Crippen molar-refractivity contribution < 1.29 is 14.7 Å². The molecule has 1 saturated heterocycles. The number of nitrogens with one attached hydrogen (secondary N) is 1. The van der Waals surface area contributed by atoms with Gasteiger partial charge in [-0.25, -0.2) is 9.59 Å². The molecule has 2 rings (SSSR count). The van der Waals surface area contributed by atoms with E-state index in [9.17, 15) is 9.59 Å². The van der Waals surface area contributed by atoms with Crippen LogP contribution in [0, 0.1) is 0 Å². The Morgan fingerprint density at radius 1 is 1.14 bits per heavy atom. The largest absolute Gasteiger partial charge is 0.478 e. The molecular formula is C15H19N3O3. The van der Waals surface area contributed by atoms with E-state index >= 15 is 0 Å². The van der Waals surface area contributed by atoms with Crippen molar-refractivity contribution in [1.29, 1.82) is 0 Å². The second-order valence-electron chi connectivity index (χ2n) is 5.01. The number of hydrogen-bond acceptors (Lipinski definition) is 3. The normalized spacial score (nSPS) is 16.1. The molecule has 1 heterocycles. The maximum absolute atomic E-state index is 12.1. The zero-order chi connectivity index (χ0) is 15.2. The number of hydrogen-bond donors (Lipinski definition) is 2. The topological polar surface area (TPSA) is 72.9 Å². The molecule has 1 aliphatic heterocycles. The highest BCUT2D eigenvalue weighted by Crippen LogP contribution is 2.12. The molecule has 0 aromatic heterocycles. The molecule has 0 unspecified atom stereocenters. The zero-order valence-electron chi connectivity index (χ0n) is 12.0. The van der Waals surface area contributed by atoms with Gasteiger partial charge in [0.05, 0.1) is 0 Å². The highest BCUT2D eigenvalue weighted by Gasteiger charge is 2.18. The van der Waals surface area contributed by atoms with Crippen molar-refractivity contribution in [1.82, 2.24) is 9.80 Å². The van der Waals surface area contributed by atoms with Crippen LogP contribution in [0.3, 0.4) is 0 Å². The van der Waals surface area contributed by atoms with Gasteiger partial charge in [-0.1, -0.05) is 12.1 Å². The van der Waals surface area contributed by atoms with Gasteiger partial charge >= 0.3 is 12.0 Å². The lowest BCUT2D eigenvalue weighted by Gasteiger charge is -2.32. The van der Waals surface area contributed by atoms with E-state index in [-0.39, 0.29) is 6.03 Å². The van der Waals surface area contributed by atoms with Crippen LogP contribution in [-0.2, 0) is 4.79 Å². The van der Waals surface area contributed by atoms with Crippen LogP contribution in [0.5, 0.6) is 0 Å². The Morgan fingerprint density at radius 3 is 2.33 bits per heavy atom. The molecule has 1 fully saturated rings. The number of benzene rings is 1. The Kier molecular flexibility index (Phi) is 4.94. The van der Waals surface area contributed by atoms with Gasteiger partial charge in [0, 0.05) is 37.9 Å². The number of carbonyl (C=O) groups is 2. The van der Waals surface area contributed by atoms with Crippen LogP contribution in [0.25, 0.3) is 6.08 Å². The number of anilines is 1. The monoisotopic (exact) mass is 289 g/mol. The molecule has 2 N–H and O–H groups in total. The highest BCUT2D eigenvalue weighted by atomic mass is 16.4. The fourth-order valence-electron chi connectivity index (χ4n) is 2.06. The standard InChI is InChI=1S/C15H19N3O3/c1-17-8-10-18(11-9-17)15(21)16-13-5-2-12(3-6-13)4-7-14(19)20/h2-7H,8-11H2,1H3,(H,16,21)(H,19,20). The van der Waals surface area contributed by atoms with Crippen LogP contribution in [0.4, 0.5) is 10.5 Å². The first-order valence-corrected chi connectivity index (χ1v) is 6.80. The Balaban J connectivity index is 1.91. The summed E-state index contributed by atoms with van der Waals surface area (Å²) in [6.07, 6.45) is 2.59. The van der Waals surface area contributed by atoms with Gasteiger partial charge < -0.3 is 20.2 Å². The molecule has 0 radical (unpaired) electrons. The number of carbonyl (C=O) groups excluding carboxylic acids is 1. The number of nitrogens with zero attached hydrogens (tertiary/aromatic N) is 2. The highest BCUT2D eigenvalue weighted by molar-refractivity contribution is 5.89. The second kappa shape index (κ2) is 6.90. The maximum Gasteiger partial charge on any atom is 0.328 e. The van der Waals surface area contributed by atoms with Crippen LogP contribution in [0.2, 0.25) is 0 Å². The minimum atomic E-state index is -0.984. The molecule has 0 atom stereocenters. The molecule has 1 aliphatic rings. The lowest BCUT2D eigenvalue weighted by Crippen LogP contribution is -2.48. The third kappa shape index (κ3) is 4.61. The molecule has 112 valence electrons. The summed E-state index contributed by atoms with van der Waals surface area (Å²) in [5.74, 6) is -0.984. The molecule has 0 saturated carbocycles. The third-order valence-electron chi connectivity index (χ3n) is 3.37. The van der Waals surface area contributed by atoms with Crippen molar-refractivity contribution in [3.8, 4) is 0 Å². The summed E-state index contributed by atoms with van der Waals surface area (Å²) in [7, 11) is 2.04. The summed E-state index contributed by atoms with van der Waals surface area (Å²) in [4.78, 5) is 26.5. The predicted molar refractivity (Wildman–Crippen MR) is 81.2 cm³/mol. The minimum absolute atomic E-state index is 0.100. The van der Waals surface area contributed by atoms with E-state index in [1.165, 1.54) is 6.08 Å². The van der Waals surface area contributed by atoms with Gasteiger partial charge in [0.1, 0.15) is 0 Å². The van der Waals surface area contributed by atoms with Crippen molar-refractivity contribution in [2.45, 2.75) is 0 Å². The Hall–Kier alpha value is -2.34. The number of carboxylic acids is 1. The molecule has 6 heteroatoms. The SMILES string of the molecule is CN1CCN(C(=O)Nc2ccc(C=CC(=O)O)cc2)CC1. The number of urea groups is 1. The van der Waals surface area contributed by atoms with Crippen molar-refractivity contribution >= 4 is 23.8 Å². The first-order chi connectivity index (χ1) is 10.0. The predicted octanol–water partition coefficient (Wildman–Crippen LogP) is 1.56. The number of amides is 2. The lowest BCUT2D eigenvalue weighted by atomic mass is 10.2. The van der Waals surface area contributed by atoms with Crippen LogP contribution in [0.15, 0.2) is 30.3 Å². The number of aliphatic carboxylic acids is 1. The number of likely N-dealkylation sites (N-methyl/N-ethyl adjacent to an activating group) is 1. The Bertz CT molecular complexity index is 532. The van der Waals surface area contributed by atoms with Crippen molar-refractivity contribution in [3.63, 3.8) is 0 Å². The Labute approximate surface area is 123 Å². The van der Waals surface area contributed by atoms with E-state index in [1.807, 2.05) is 7.05 Å². The summed E-state index contributed by atoms with van der Waals surface area (Å²) < 4.78 is 0. The summed E-state index contributed by atoms with van der Waals surface area (Å²) >= 11 is 0. The summed E-state index contributed by atoms with van der Waals surface area (Å²) in [5.41, 5.74) is 1.47. The molecule has 6 nitrogen and oxygen atoms in total. The maximum atomic E-state index is 12.1. The zero-order valence-corrected chi connectivity index (χ0v) is 12.0. The first-order valence-electron chi connectivity index (χ1n) is 6.80. The van der Waals surface area contributed by atoms with Crippen LogP contribution >= 0.6 is 0 Å². The summed E-state index contributed by atoms with van der Waals surface area (Å²) in [6.45, 7) is 3.21. The molecule has 1 aromatic rings. The van der Waals surface area contributed by atoms with Crippen LogP contribution < -0.4 is 5.32 Å². The van der Waals surface area contributed by atoms with Gasteiger partial charge in [0.25, 0.3) is 0 Å². The van der Waals surface area contributed by atoms with Crippen LogP contribution in [0.1, 0.15) is 5.56 Å². The van der Waals surface area contributed by atoms with E-state index in [0.717, 1.165) is 37.8 Å². The fraction of sp³-hybridized carbons (Fsp3) is 0.333. The molecule has 1 aromatic carbocycles. The van der Waals surface area contributed by atoms with Gasteiger partial charge in [-0.2, -0.15) is 0 Å². The number of carboxylic acid groups (broad SMARTS) is 1. The Morgan fingerprint density at radius 2 is 1.76 bits per heavy atom.